The van der Waals surface area contributed by atoms with Gasteiger partial charge in [0.05, 0.1) is 48.1 Å². The van der Waals surface area contributed by atoms with Gasteiger partial charge in [-0.2, -0.15) is 0 Å². The van der Waals surface area contributed by atoms with Gasteiger partial charge in [0.1, 0.15) is 29.5 Å². The second-order valence-electron chi connectivity index (χ2n) is 10.9. The third-order valence-corrected chi connectivity index (χ3v) is 8.00. The van der Waals surface area contributed by atoms with Crippen LogP contribution in [0.1, 0.15) is 82.0 Å². The van der Waals surface area contributed by atoms with E-state index in [-0.39, 0.29) is 18.2 Å². The van der Waals surface area contributed by atoms with E-state index < -0.39 is 12.3 Å². The van der Waals surface area contributed by atoms with Crippen molar-refractivity contribution in [2.45, 2.75) is 72.6 Å². The number of aryl methyl sites for hydroxylation is 1. The van der Waals surface area contributed by atoms with Gasteiger partial charge in [-0.15, -0.1) is 5.73 Å². The molecule has 1 saturated carbocycles. The average molecular weight is 693 g/mol. The third-order valence-electron chi connectivity index (χ3n) is 7.70. The Morgan fingerprint density at radius 2 is 1.96 bits per heavy atom. The number of terminal acetylenes is 1. The molecule has 49 heavy (non-hydrogen) atoms. The van der Waals surface area contributed by atoms with Crippen LogP contribution in [0.15, 0.2) is 47.8 Å². The molecule has 11 heteroatoms. The zero-order valence-corrected chi connectivity index (χ0v) is 30.3. The third kappa shape index (κ3) is 10.2. The molecular weight excluding hydrogens is 643 g/mol. The molecule has 2 aromatic heterocycles. The normalized spacial score (nSPS) is 13.1. The van der Waals surface area contributed by atoms with Gasteiger partial charge >= 0.3 is 0 Å². The monoisotopic (exact) mass is 692 g/mol. The zero-order chi connectivity index (χ0) is 36.6. The highest BCUT2D eigenvalue weighted by Gasteiger charge is 2.47. The van der Waals surface area contributed by atoms with Crippen LogP contribution in [0.3, 0.4) is 0 Å². The number of hydrogen-bond donors (Lipinski definition) is 4. The number of aliphatic imine (C=N–C) groups is 1. The van der Waals surface area contributed by atoms with Gasteiger partial charge in [0.2, 0.25) is 0 Å². The van der Waals surface area contributed by atoms with Crippen molar-refractivity contribution >= 4 is 29.2 Å². The number of nitrogen functional groups attached to an aromatic ring is 1. The zero-order valence-electron chi connectivity index (χ0n) is 29.5. The molecule has 1 unspecified atom stereocenters. The van der Waals surface area contributed by atoms with E-state index >= 15 is 0 Å². The number of nitrogens with one attached hydrogen (secondary N) is 1. The minimum atomic E-state index is -1.35. The number of benzene rings is 1. The first-order chi connectivity index (χ1) is 23.6. The van der Waals surface area contributed by atoms with Crippen molar-refractivity contribution in [3.63, 3.8) is 0 Å². The summed E-state index contributed by atoms with van der Waals surface area (Å²) in [5.41, 5.74) is 17.3. The summed E-state index contributed by atoms with van der Waals surface area (Å²) >= 11 is 6.57. The Labute approximate surface area is 295 Å². The van der Waals surface area contributed by atoms with E-state index in [2.05, 4.69) is 46.7 Å². The van der Waals surface area contributed by atoms with Gasteiger partial charge in [-0.05, 0) is 74.4 Å². The predicted molar refractivity (Wildman–Crippen MR) is 200 cm³/mol. The molecule has 1 aromatic carbocycles. The summed E-state index contributed by atoms with van der Waals surface area (Å²) in [5, 5.41) is 16.0. The van der Waals surface area contributed by atoms with Crippen LogP contribution in [-0.2, 0) is 18.7 Å². The van der Waals surface area contributed by atoms with Gasteiger partial charge in [0, 0.05) is 35.6 Å². The van der Waals surface area contributed by atoms with Crippen molar-refractivity contribution in [1.29, 1.82) is 0 Å². The smallest absolute Gasteiger partial charge is 0.148 e. The first-order valence-electron chi connectivity index (χ1n) is 16.5. The molecule has 0 spiro atoms. The van der Waals surface area contributed by atoms with E-state index in [0.717, 1.165) is 30.4 Å². The molecule has 3 aromatic rings. The van der Waals surface area contributed by atoms with Gasteiger partial charge in [-0.3, -0.25) is 9.98 Å². The van der Waals surface area contributed by atoms with Crippen molar-refractivity contribution in [2.24, 2.45) is 16.6 Å². The predicted octanol–water partition coefficient (Wildman–Crippen LogP) is 7.22. The number of aromatic nitrogens is 2. The topological polar surface area (TPSA) is 141 Å². The number of halogens is 2. The Morgan fingerprint density at radius 3 is 2.51 bits per heavy atom. The second-order valence-corrected chi connectivity index (χ2v) is 11.3. The van der Waals surface area contributed by atoms with E-state index in [1.165, 1.54) is 6.20 Å². The number of pyridine rings is 2. The van der Waals surface area contributed by atoms with E-state index in [1.54, 1.807) is 31.5 Å². The molecule has 0 saturated heterocycles. The fourth-order valence-corrected chi connectivity index (χ4v) is 5.34. The summed E-state index contributed by atoms with van der Waals surface area (Å²) in [4.78, 5) is 13.5. The van der Waals surface area contributed by atoms with Gasteiger partial charge < -0.3 is 31.4 Å². The second kappa shape index (κ2) is 20.1. The highest BCUT2D eigenvalue weighted by molar-refractivity contribution is 6.33. The maximum Gasteiger partial charge on any atom is 0.148 e. The van der Waals surface area contributed by atoms with Crippen LogP contribution in [0.5, 0.6) is 11.5 Å². The average Bonchev–Trinajstić information content (AvgIpc) is 3.98. The molecule has 0 radical (unpaired) electrons. The Morgan fingerprint density at radius 1 is 1.27 bits per heavy atom. The number of ether oxygens (including phenoxy) is 2. The highest BCUT2D eigenvalue weighted by Crippen LogP contribution is 2.47. The van der Waals surface area contributed by atoms with Crippen LogP contribution in [0, 0.1) is 18.4 Å². The van der Waals surface area contributed by atoms with Crippen molar-refractivity contribution in [3.05, 3.63) is 75.9 Å². The summed E-state index contributed by atoms with van der Waals surface area (Å²) in [6.45, 7) is 14.3. The number of aliphatic hydroxyl groups is 1. The molecule has 2 heterocycles. The van der Waals surface area contributed by atoms with E-state index in [0.29, 0.717) is 70.0 Å². The van der Waals surface area contributed by atoms with Crippen LogP contribution in [0.4, 0.5) is 10.1 Å². The number of alkyl halides is 1. The molecule has 1 aliphatic rings. The van der Waals surface area contributed by atoms with Crippen molar-refractivity contribution < 1.29 is 19.0 Å². The van der Waals surface area contributed by atoms with Gasteiger partial charge in [0.15, 0.2) is 0 Å². The number of nitrogens with two attached hydrogens (primary N) is 2. The number of hydrogen-bond acceptors (Lipinski definition) is 9. The lowest BCUT2D eigenvalue weighted by Gasteiger charge is -2.30. The van der Waals surface area contributed by atoms with Gasteiger partial charge in [-0.25, -0.2) is 9.37 Å². The summed E-state index contributed by atoms with van der Waals surface area (Å²) in [5.74, 6) is 1.02. The molecular formula is C38H50ClFN6O3. The SMILES string of the molecule is C#CN.C=C=C(NCC(O)(c1cc(CC)c(OCC)c(-c2cc(CF)ncc2Cl)n1)C1CC1)c1cc(C=NCCC)c(N)c(OC)c1.CC. The fraction of sp³-hybridized carbons (Fsp3) is 0.421. The Balaban J connectivity index is 0.00000158. The maximum atomic E-state index is 13.6. The van der Waals surface area contributed by atoms with Crippen molar-refractivity contribution in [2.75, 3.05) is 32.5 Å². The molecule has 0 aliphatic heterocycles. The fourth-order valence-electron chi connectivity index (χ4n) is 5.15. The first-order valence-corrected chi connectivity index (χ1v) is 16.9. The molecule has 4 rings (SSSR count). The molecule has 1 aliphatic carbocycles. The molecule has 9 nitrogen and oxygen atoms in total. The Hall–Kier alpha value is -4.55. The first kappa shape index (κ1) is 40.6. The van der Waals surface area contributed by atoms with Crippen LogP contribution in [0.25, 0.3) is 17.0 Å². The number of methoxy groups -OCH3 is 1. The van der Waals surface area contributed by atoms with E-state index in [9.17, 15) is 9.50 Å². The summed E-state index contributed by atoms with van der Waals surface area (Å²) < 4.78 is 25.2. The largest absolute Gasteiger partial charge is 0.495 e. The van der Waals surface area contributed by atoms with Crippen LogP contribution in [-0.4, -0.2) is 48.1 Å². The number of nitrogens with zero attached hydrogens (tertiary/aromatic N) is 3. The molecule has 0 bridgehead atoms. The summed E-state index contributed by atoms with van der Waals surface area (Å²) in [6, 6.07) is 8.92. The standard InChI is InChI=1S/C34H41ClFN5O3.C2H3N.C2H6/c1-6-12-38-18-23-13-22(14-29(43-5)31(23)37)28(8-3)40-20-34(42,24-10-11-24)30-15-21(7-2)33(44-9-4)32(41-30)26-16-25(17-36)39-19-27(26)35;1-2-3;1-2/h13-16,18-19,24,40,42H,3,6-7,9-12,17,20,37H2,1-2,4-5H3;1H,3H2;1-2H3. The van der Waals surface area contributed by atoms with Crippen molar-refractivity contribution in [1.82, 2.24) is 15.3 Å². The quantitative estimate of drug-likeness (QED) is 0.0430. The molecule has 6 N–H and O–H groups in total. The highest BCUT2D eigenvalue weighted by atomic mass is 35.5. The van der Waals surface area contributed by atoms with Gasteiger partial charge in [0.25, 0.3) is 0 Å². The van der Waals surface area contributed by atoms with Crippen LogP contribution >= 0.6 is 11.6 Å². The van der Waals surface area contributed by atoms with Crippen LogP contribution in [0.2, 0.25) is 5.02 Å². The lowest BCUT2D eigenvalue weighted by molar-refractivity contribution is 0.0129. The molecule has 264 valence electrons. The summed E-state index contributed by atoms with van der Waals surface area (Å²) in [7, 11) is 1.56. The minimum Gasteiger partial charge on any atom is -0.495 e. The molecule has 1 atom stereocenters. The maximum absolute atomic E-state index is 13.6. The number of rotatable bonds is 15. The minimum absolute atomic E-state index is 0.0314. The Kier molecular flexibility index (Phi) is 16.6. The Bertz CT molecular complexity index is 1660. The lowest BCUT2D eigenvalue weighted by atomic mass is 9.90. The van der Waals surface area contributed by atoms with E-state index in [4.69, 9.17) is 31.8 Å². The molecule has 1 fully saturated rings. The van der Waals surface area contributed by atoms with Gasteiger partial charge in [-0.1, -0.05) is 52.3 Å². The summed E-state index contributed by atoms with van der Waals surface area (Å²) in [6.07, 6.45) is 10.7. The lowest BCUT2D eigenvalue weighted by Crippen LogP contribution is -2.40. The van der Waals surface area contributed by atoms with Crippen LogP contribution < -0.4 is 26.3 Å². The van der Waals surface area contributed by atoms with Crippen molar-refractivity contribution in [3.8, 4) is 35.2 Å². The van der Waals surface area contributed by atoms with E-state index in [1.807, 2.05) is 39.8 Å². The molecule has 0 amide bonds. The number of anilines is 1.